The van der Waals surface area contributed by atoms with E-state index in [4.69, 9.17) is 4.52 Å². The minimum atomic E-state index is -0.895. The molecule has 3 heterocycles. The van der Waals surface area contributed by atoms with E-state index in [1.165, 1.54) is 32.1 Å². The SMILES string of the molecule is O=C(O)C[C@@H](CCCC1CCCCC1)c1nc(C(=O)N2CCc3ncccc3C2)no1. The molecule has 2 aliphatic rings. The fourth-order valence-corrected chi connectivity index (χ4v) is 4.82. The molecule has 1 aliphatic heterocycles. The molecule has 2 aromatic heterocycles. The Hall–Kier alpha value is -2.77. The number of carboxylic acid groups (broad SMARTS) is 1. The summed E-state index contributed by atoms with van der Waals surface area (Å²) in [7, 11) is 0. The van der Waals surface area contributed by atoms with Gasteiger partial charge in [-0.1, -0.05) is 56.2 Å². The lowest BCUT2D eigenvalue weighted by Gasteiger charge is -2.26. The normalized spacial score (nSPS) is 17.9. The number of carbonyl (C=O) groups excluding carboxylic acids is 1. The van der Waals surface area contributed by atoms with Crippen molar-refractivity contribution < 1.29 is 19.2 Å². The summed E-state index contributed by atoms with van der Waals surface area (Å²) in [5, 5.41) is 13.2. The van der Waals surface area contributed by atoms with Crippen LogP contribution in [0.15, 0.2) is 22.9 Å². The van der Waals surface area contributed by atoms with E-state index in [2.05, 4.69) is 15.1 Å². The van der Waals surface area contributed by atoms with E-state index in [0.717, 1.165) is 30.0 Å². The van der Waals surface area contributed by atoms with Gasteiger partial charge in [0.2, 0.25) is 5.89 Å². The highest BCUT2D eigenvalue weighted by Crippen LogP contribution is 2.31. The fourth-order valence-electron chi connectivity index (χ4n) is 4.82. The summed E-state index contributed by atoms with van der Waals surface area (Å²) in [5.74, 6) is -0.537. The molecule has 166 valence electrons. The molecule has 1 atom stereocenters. The van der Waals surface area contributed by atoms with Gasteiger partial charge in [0.15, 0.2) is 0 Å². The minimum Gasteiger partial charge on any atom is -0.481 e. The van der Waals surface area contributed by atoms with Gasteiger partial charge in [0.1, 0.15) is 0 Å². The highest BCUT2D eigenvalue weighted by atomic mass is 16.5. The third-order valence-electron chi connectivity index (χ3n) is 6.54. The first kappa shape index (κ1) is 21.5. The molecular formula is C23H30N4O4. The Morgan fingerprint density at radius 2 is 2.10 bits per heavy atom. The summed E-state index contributed by atoms with van der Waals surface area (Å²) in [4.78, 5) is 34.6. The molecule has 2 aromatic rings. The number of amides is 1. The van der Waals surface area contributed by atoms with Gasteiger partial charge in [-0.05, 0) is 24.0 Å². The summed E-state index contributed by atoms with van der Waals surface area (Å²) in [6.45, 7) is 1.01. The quantitative estimate of drug-likeness (QED) is 0.680. The molecule has 1 aliphatic carbocycles. The molecule has 1 fully saturated rings. The molecule has 8 heteroatoms. The number of carbonyl (C=O) groups is 2. The maximum atomic E-state index is 12.9. The maximum Gasteiger partial charge on any atom is 0.304 e. The molecule has 0 aromatic carbocycles. The molecule has 0 bridgehead atoms. The van der Waals surface area contributed by atoms with Crippen LogP contribution >= 0.6 is 0 Å². The van der Waals surface area contributed by atoms with Crippen LogP contribution < -0.4 is 0 Å². The second kappa shape index (κ2) is 10.0. The number of rotatable bonds is 8. The molecule has 1 saturated carbocycles. The van der Waals surface area contributed by atoms with Crippen LogP contribution in [0.25, 0.3) is 0 Å². The summed E-state index contributed by atoms with van der Waals surface area (Å²) in [6.07, 6.45) is 11.6. The Morgan fingerprint density at radius 1 is 1.26 bits per heavy atom. The summed E-state index contributed by atoms with van der Waals surface area (Å²) in [6, 6.07) is 3.84. The van der Waals surface area contributed by atoms with Gasteiger partial charge >= 0.3 is 5.97 Å². The van der Waals surface area contributed by atoms with Gasteiger partial charge in [-0.25, -0.2) is 0 Å². The number of fused-ring (bicyclic) bond motifs is 1. The zero-order valence-electron chi connectivity index (χ0n) is 17.8. The van der Waals surface area contributed by atoms with E-state index in [1.54, 1.807) is 11.1 Å². The number of pyridine rings is 1. The predicted octanol–water partition coefficient (Wildman–Crippen LogP) is 3.97. The van der Waals surface area contributed by atoms with Crippen molar-refractivity contribution >= 4 is 11.9 Å². The Kier molecular flexibility index (Phi) is 6.94. The van der Waals surface area contributed by atoms with Crippen molar-refractivity contribution in [3.8, 4) is 0 Å². The van der Waals surface area contributed by atoms with Gasteiger partial charge in [-0.15, -0.1) is 0 Å². The van der Waals surface area contributed by atoms with Crippen LogP contribution in [0.5, 0.6) is 0 Å². The van der Waals surface area contributed by atoms with Crippen LogP contribution in [0.4, 0.5) is 0 Å². The number of aliphatic carboxylic acids is 1. The van der Waals surface area contributed by atoms with Crippen LogP contribution in [0.2, 0.25) is 0 Å². The average Bonchev–Trinajstić information content (AvgIpc) is 3.28. The lowest BCUT2D eigenvalue weighted by Crippen LogP contribution is -2.36. The molecule has 0 saturated heterocycles. The second-order valence-corrected chi connectivity index (χ2v) is 8.77. The van der Waals surface area contributed by atoms with Gasteiger partial charge in [-0.3, -0.25) is 14.6 Å². The zero-order chi connectivity index (χ0) is 21.6. The van der Waals surface area contributed by atoms with Gasteiger partial charge in [0.25, 0.3) is 11.7 Å². The first-order valence-electron chi connectivity index (χ1n) is 11.4. The first-order valence-corrected chi connectivity index (χ1v) is 11.4. The average molecular weight is 427 g/mol. The Labute approximate surface area is 182 Å². The number of carboxylic acids is 1. The Balaban J connectivity index is 1.38. The molecule has 0 unspecified atom stereocenters. The van der Waals surface area contributed by atoms with Crippen LogP contribution in [0.1, 0.15) is 91.5 Å². The lowest BCUT2D eigenvalue weighted by atomic mass is 9.84. The van der Waals surface area contributed by atoms with Crippen molar-refractivity contribution in [2.24, 2.45) is 5.92 Å². The number of nitrogens with zero attached hydrogens (tertiary/aromatic N) is 4. The summed E-state index contributed by atoms with van der Waals surface area (Å²) >= 11 is 0. The topological polar surface area (TPSA) is 109 Å². The molecule has 31 heavy (non-hydrogen) atoms. The van der Waals surface area contributed by atoms with E-state index in [9.17, 15) is 14.7 Å². The maximum absolute atomic E-state index is 12.9. The van der Waals surface area contributed by atoms with E-state index in [1.807, 2.05) is 12.1 Å². The van der Waals surface area contributed by atoms with E-state index >= 15 is 0 Å². The summed E-state index contributed by atoms with van der Waals surface area (Å²) < 4.78 is 5.37. The summed E-state index contributed by atoms with van der Waals surface area (Å²) in [5.41, 5.74) is 2.04. The van der Waals surface area contributed by atoms with Crippen molar-refractivity contribution in [3.05, 3.63) is 41.3 Å². The molecule has 1 amide bonds. The number of aromatic nitrogens is 3. The third kappa shape index (κ3) is 5.48. The molecule has 0 spiro atoms. The molecular weight excluding hydrogens is 396 g/mol. The van der Waals surface area contributed by atoms with Gasteiger partial charge < -0.3 is 14.5 Å². The van der Waals surface area contributed by atoms with Crippen molar-refractivity contribution in [3.63, 3.8) is 0 Å². The minimum absolute atomic E-state index is 0.00464. The van der Waals surface area contributed by atoms with Crippen molar-refractivity contribution in [1.82, 2.24) is 20.0 Å². The Bertz CT molecular complexity index is 906. The third-order valence-corrected chi connectivity index (χ3v) is 6.54. The smallest absolute Gasteiger partial charge is 0.304 e. The molecule has 8 nitrogen and oxygen atoms in total. The monoisotopic (exact) mass is 426 g/mol. The first-order chi connectivity index (χ1) is 15.1. The lowest BCUT2D eigenvalue weighted by molar-refractivity contribution is -0.137. The van der Waals surface area contributed by atoms with Crippen LogP contribution in [-0.2, 0) is 17.8 Å². The predicted molar refractivity (Wildman–Crippen MR) is 112 cm³/mol. The van der Waals surface area contributed by atoms with Crippen molar-refractivity contribution in [2.75, 3.05) is 6.54 Å². The number of hydrogen-bond donors (Lipinski definition) is 1. The Morgan fingerprint density at radius 3 is 2.90 bits per heavy atom. The highest BCUT2D eigenvalue weighted by Gasteiger charge is 2.28. The van der Waals surface area contributed by atoms with E-state index < -0.39 is 5.97 Å². The highest BCUT2D eigenvalue weighted by molar-refractivity contribution is 5.90. The number of hydrogen-bond acceptors (Lipinski definition) is 6. The fraction of sp³-hybridized carbons (Fsp3) is 0.609. The van der Waals surface area contributed by atoms with Crippen LogP contribution in [-0.4, -0.2) is 43.6 Å². The molecule has 0 radical (unpaired) electrons. The van der Waals surface area contributed by atoms with Gasteiger partial charge in [0, 0.05) is 37.3 Å². The molecule has 4 rings (SSSR count). The zero-order valence-corrected chi connectivity index (χ0v) is 17.8. The standard InChI is InChI=1S/C23H30N4O4/c28-20(29)14-17(9-4-8-16-6-2-1-3-7-16)22-25-21(26-31-22)23(30)27-13-11-19-18(15-27)10-5-12-24-19/h5,10,12,16-17H,1-4,6-9,11,13-15H2,(H,28,29)/t17-/m1/s1. The van der Waals surface area contributed by atoms with E-state index in [-0.39, 0.29) is 30.0 Å². The van der Waals surface area contributed by atoms with Crippen molar-refractivity contribution in [1.29, 1.82) is 0 Å². The second-order valence-electron chi connectivity index (χ2n) is 8.77. The van der Waals surface area contributed by atoms with E-state index in [0.29, 0.717) is 25.9 Å². The largest absolute Gasteiger partial charge is 0.481 e. The van der Waals surface area contributed by atoms with Crippen LogP contribution in [0, 0.1) is 5.92 Å². The van der Waals surface area contributed by atoms with Crippen molar-refractivity contribution in [2.45, 2.75) is 76.7 Å². The van der Waals surface area contributed by atoms with Gasteiger partial charge in [0.05, 0.1) is 6.42 Å². The van der Waals surface area contributed by atoms with Gasteiger partial charge in [-0.2, -0.15) is 4.98 Å². The molecule has 1 N–H and O–H groups in total. The van der Waals surface area contributed by atoms with Crippen LogP contribution in [0.3, 0.4) is 0 Å².